The molecule has 0 spiro atoms. The summed E-state index contributed by atoms with van der Waals surface area (Å²) in [6, 6.07) is 12.0. The van der Waals surface area contributed by atoms with Crippen molar-refractivity contribution in [2.45, 2.75) is 39.5 Å². The minimum atomic E-state index is 0.381. The van der Waals surface area contributed by atoms with Gasteiger partial charge < -0.3 is 5.11 Å². The molecule has 0 unspecified atom stereocenters. The number of phenols is 1. The van der Waals surface area contributed by atoms with E-state index in [1.807, 2.05) is 6.07 Å². The number of hydrogen-bond donors (Lipinski definition) is 1. The summed E-state index contributed by atoms with van der Waals surface area (Å²) in [7, 11) is 0. The minimum Gasteiger partial charge on any atom is -0.507 e. The molecule has 2 rings (SSSR count). The Balaban J connectivity index is 2.56. The van der Waals surface area contributed by atoms with Gasteiger partial charge in [0, 0.05) is 5.39 Å². The lowest BCUT2D eigenvalue weighted by atomic mass is 9.93. The summed E-state index contributed by atoms with van der Waals surface area (Å²) in [5, 5.41) is 12.3. The van der Waals surface area contributed by atoms with Crippen LogP contribution in [0.3, 0.4) is 0 Å². The topological polar surface area (TPSA) is 20.2 Å². The number of fused-ring (bicyclic) bond motifs is 1. The molecule has 100 valence electrons. The van der Waals surface area contributed by atoms with Crippen LogP contribution in [0.2, 0.25) is 0 Å². The van der Waals surface area contributed by atoms with Gasteiger partial charge in [-0.1, -0.05) is 56.7 Å². The molecule has 0 saturated heterocycles. The molecule has 19 heavy (non-hydrogen) atoms. The molecule has 0 aliphatic carbocycles. The SMILES string of the molecule is CC/C=C(\CCCC)c1cccc2cccc(O)c12. The fourth-order valence-electron chi connectivity index (χ4n) is 2.55. The fraction of sp³-hybridized carbons (Fsp3) is 0.333. The van der Waals surface area contributed by atoms with E-state index in [4.69, 9.17) is 0 Å². The number of phenolic OH excluding ortho intramolecular Hbond substituents is 1. The summed E-state index contributed by atoms with van der Waals surface area (Å²) in [6.45, 7) is 4.38. The first-order valence-corrected chi connectivity index (χ1v) is 7.18. The Labute approximate surface area is 115 Å². The average molecular weight is 254 g/mol. The molecule has 2 aromatic rings. The molecule has 0 heterocycles. The van der Waals surface area contributed by atoms with Gasteiger partial charge in [0.05, 0.1) is 0 Å². The molecule has 0 bridgehead atoms. The Hall–Kier alpha value is -1.76. The normalized spacial score (nSPS) is 12.0. The van der Waals surface area contributed by atoms with Gasteiger partial charge in [-0.25, -0.2) is 0 Å². The van der Waals surface area contributed by atoms with Gasteiger partial charge in [0.1, 0.15) is 5.75 Å². The van der Waals surface area contributed by atoms with Crippen molar-refractivity contribution in [1.29, 1.82) is 0 Å². The number of allylic oxidation sites excluding steroid dienone is 2. The van der Waals surface area contributed by atoms with Crippen LogP contribution in [0.5, 0.6) is 5.75 Å². The molecule has 0 amide bonds. The first-order valence-electron chi connectivity index (χ1n) is 7.18. The van der Waals surface area contributed by atoms with E-state index in [0.29, 0.717) is 5.75 Å². The summed E-state index contributed by atoms with van der Waals surface area (Å²) in [5.74, 6) is 0.381. The Morgan fingerprint density at radius 3 is 2.53 bits per heavy atom. The molecular formula is C18H22O. The van der Waals surface area contributed by atoms with Gasteiger partial charge >= 0.3 is 0 Å². The van der Waals surface area contributed by atoms with Crippen molar-refractivity contribution >= 4 is 16.3 Å². The lowest BCUT2D eigenvalue weighted by Gasteiger charge is -2.12. The van der Waals surface area contributed by atoms with E-state index < -0.39 is 0 Å². The maximum absolute atomic E-state index is 10.2. The van der Waals surface area contributed by atoms with E-state index in [1.54, 1.807) is 6.07 Å². The van der Waals surface area contributed by atoms with E-state index >= 15 is 0 Å². The third-order valence-electron chi connectivity index (χ3n) is 3.48. The van der Waals surface area contributed by atoms with E-state index in [-0.39, 0.29) is 0 Å². The molecule has 0 fully saturated rings. The molecule has 0 saturated carbocycles. The molecule has 1 heteroatoms. The van der Waals surface area contributed by atoms with E-state index in [1.165, 1.54) is 24.0 Å². The number of rotatable bonds is 5. The second-order valence-corrected chi connectivity index (χ2v) is 4.92. The molecule has 0 atom stereocenters. The fourth-order valence-corrected chi connectivity index (χ4v) is 2.55. The van der Waals surface area contributed by atoms with Crippen molar-refractivity contribution in [3.05, 3.63) is 48.0 Å². The predicted octanol–water partition coefficient (Wildman–Crippen LogP) is 5.53. The molecule has 2 aromatic carbocycles. The van der Waals surface area contributed by atoms with Crippen LogP contribution >= 0.6 is 0 Å². The predicted molar refractivity (Wildman–Crippen MR) is 83.4 cm³/mol. The smallest absolute Gasteiger partial charge is 0.124 e. The van der Waals surface area contributed by atoms with Crippen LogP contribution in [0.1, 0.15) is 45.1 Å². The highest BCUT2D eigenvalue weighted by Crippen LogP contribution is 2.34. The van der Waals surface area contributed by atoms with Crippen LogP contribution < -0.4 is 0 Å². The molecule has 0 radical (unpaired) electrons. The van der Waals surface area contributed by atoms with Gasteiger partial charge in [-0.05, 0) is 41.9 Å². The highest BCUT2D eigenvalue weighted by atomic mass is 16.3. The van der Waals surface area contributed by atoms with Crippen LogP contribution in [0.15, 0.2) is 42.5 Å². The van der Waals surface area contributed by atoms with Crippen LogP contribution in [-0.4, -0.2) is 5.11 Å². The molecule has 0 aliphatic rings. The van der Waals surface area contributed by atoms with E-state index in [2.05, 4.69) is 44.2 Å². The van der Waals surface area contributed by atoms with Gasteiger partial charge in [0.2, 0.25) is 0 Å². The van der Waals surface area contributed by atoms with Gasteiger partial charge in [-0.2, -0.15) is 0 Å². The summed E-state index contributed by atoms with van der Waals surface area (Å²) in [4.78, 5) is 0. The highest BCUT2D eigenvalue weighted by molar-refractivity contribution is 5.97. The molecular weight excluding hydrogens is 232 g/mol. The van der Waals surface area contributed by atoms with Crippen LogP contribution in [0.25, 0.3) is 16.3 Å². The van der Waals surface area contributed by atoms with Crippen LogP contribution in [0, 0.1) is 0 Å². The summed E-state index contributed by atoms with van der Waals surface area (Å²) in [5.41, 5.74) is 2.54. The first kappa shape index (κ1) is 13.7. The van der Waals surface area contributed by atoms with Gasteiger partial charge in [-0.3, -0.25) is 0 Å². The van der Waals surface area contributed by atoms with E-state index in [9.17, 15) is 5.11 Å². The summed E-state index contributed by atoms with van der Waals surface area (Å²) < 4.78 is 0. The minimum absolute atomic E-state index is 0.381. The maximum Gasteiger partial charge on any atom is 0.124 e. The number of unbranched alkanes of at least 4 members (excludes halogenated alkanes) is 1. The lowest BCUT2D eigenvalue weighted by molar-refractivity contribution is 0.481. The zero-order valence-corrected chi connectivity index (χ0v) is 11.8. The maximum atomic E-state index is 10.2. The second kappa shape index (κ2) is 6.42. The van der Waals surface area contributed by atoms with Gasteiger partial charge in [-0.15, -0.1) is 0 Å². The number of aromatic hydroxyl groups is 1. The van der Waals surface area contributed by atoms with Gasteiger partial charge in [0.15, 0.2) is 0 Å². The van der Waals surface area contributed by atoms with Gasteiger partial charge in [0.25, 0.3) is 0 Å². The van der Waals surface area contributed by atoms with Crippen molar-refractivity contribution < 1.29 is 5.11 Å². The quantitative estimate of drug-likeness (QED) is 0.743. The van der Waals surface area contributed by atoms with Crippen molar-refractivity contribution in [1.82, 2.24) is 0 Å². The Bertz CT molecular complexity index is 576. The number of hydrogen-bond acceptors (Lipinski definition) is 1. The lowest BCUT2D eigenvalue weighted by Crippen LogP contribution is -1.89. The first-order chi connectivity index (χ1) is 9.27. The number of benzene rings is 2. The molecule has 1 nitrogen and oxygen atoms in total. The zero-order chi connectivity index (χ0) is 13.7. The monoisotopic (exact) mass is 254 g/mol. The summed E-state index contributed by atoms with van der Waals surface area (Å²) in [6.07, 6.45) is 6.78. The molecule has 1 N–H and O–H groups in total. The third kappa shape index (κ3) is 2.98. The highest BCUT2D eigenvalue weighted by Gasteiger charge is 2.09. The second-order valence-electron chi connectivity index (χ2n) is 4.92. The standard InChI is InChI=1S/C18H22O/c1-3-5-9-14(8-4-2)16-12-6-10-15-11-7-13-17(19)18(15)16/h6-8,10-13,19H,3-5,9H2,1-2H3/b14-8+. The largest absolute Gasteiger partial charge is 0.507 e. The van der Waals surface area contributed by atoms with Crippen molar-refractivity contribution in [3.8, 4) is 5.75 Å². The van der Waals surface area contributed by atoms with Crippen molar-refractivity contribution in [2.24, 2.45) is 0 Å². The average Bonchev–Trinajstić information content (AvgIpc) is 2.43. The summed E-state index contributed by atoms with van der Waals surface area (Å²) >= 11 is 0. The van der Waals surface area contributed by atoms with Crippen LogP contribution in [0.4, 0.5) is 0 Å². The van der Waals surface area contributed by atoms with Crippen LogP contribution in [-0.2, 0) is 0 Å². The van der Waals surface area contributed by atoms with Crippen molar-refractivity contribution in [2.75, 3.05) is 0 Å². The zero-order valence-electron chi connectivity index (χ0n) is 11.8. The third-order valence-corrected chi connectivity index (χ3v) is 3.48. The molecule has 0 aliphatic heterocycles. The Morgan fingerprint density at radius 1 is 1.11 bits per heavy atom. The van der Waals surface area contributed by atoms with Crippen molar-refractivity contribution in [3.63, 3.8) is 0 Å². The molecule has 0 aromatic heterocycles. The van der Waals surface area contributed by atoms with E-state index in [0.717, 1.165) is 23.6 Å². The Kier molecular flexibility index (Phi) is 4.62. The Morgan fingerprint density at radius 2 is 1.84 bits per heavy atom.